The first-order chi connectivity index (χ1) is 5.96. The summed E-state index contributed by atoms with van der Waals surface area (Å²) in [7, 11) is 0. The summed E-state index contributed by atoms with van der Waals surface area (Å²) in [5.74, 6) is 1.13. The van der Waals surface area contributed by atoms with Crippen molar-refractivity contribution in [3.8, 4) is 0 Å². The van der Waals surface area contributed by atoms with Gasteiger partial charge in [0.05, 0.1) is 0 Å². The third kappa shape index (κ3) is 2.11. The Hall–Kier alpha value is -0.790. The predicted octanol–water partition coefficient (Wildman–Crippen LogP) is 2.90. The lowest BCUT2D eigenvalue weighted by molar-refractivity contribution is 0.507. The number of hydrogen-bond donors (Lipinski definition) is 0. The predicted molar refractivity (Wildman–Crippen MR) is 56.0 cm³/mol. The van der Waals surface area contributed by atoms with Gasteiger partial charge in [-0.15, -0.1) is 0 Å². The van der Waals surface area contributed by atoms with Gasteiger partial charge in [0.2, 0.25) is 0 Å². The van der Waals surface area contributed by atoms with Crippen LogP contribution in [0.5, 0.6) is 0 Å². The fraction of sp³-hybridized carbons (Fsp3) is 0.727. The van der Waals surface area contributed by atoms with E-state index in [-0.39, 0.29) is 5.41 Å². The Kier molecular flexibility index (Phi) is 2.79. The molecule has 1 aromatic rings. The lowest BCUT2D eigenvalue weighted by Crippen LogP contribution is -2.18. The highest BCUT2D eigenvalue weighted by Crippen LogP contribution is 2.23. The molecule has 0 atom stereocenters. The first-order valence-electron chi connectivity index (χ1n) is 4.99. The van der Waals surface area contributed by atoms with Crippen molar-refractivity contribution in [2.75, 3.05) is 0 Å². The lowest BCUT2D eigenvalue weighted by atomic mass is 9.92. The smallest absolute Gasteiger partial charge is 0.105 e. The molecule has 0 saturated carbocycles. The maximum Gasteiger partial charge on any atom is 0.105 e. The zero-order chi connectivity index (χ0) is 10.1. The van der Waals surface area contributed by atoms with Crippen LogP contribution in [0.1, 0.15) is 45.6 Å². The van der Waals surface area contributed by atoms with E-state index in [1.807, 2.05) is 6.20 Å². The van der Waals surface area contributed by atoms with Crippen LogP contribution in [0.2, 0.25) is 0 Å². The summed E-state index contributed by atoms with van der Waals surface area (Å²) < 4.78 is 2.32. The zero-order valence-electron chi connectivity index (χ0n) is 9.39. The molecule has 0 bridgehead atoms. The summed E-state index contributed by atoms with van der Waals surface area (Å²) in [6.45, 7) is 12.1. The van der Waals surface area contributed by atoms with E-state index in [9.17, 15) is 0 Å². The van der Waals surface area contributed by atoms with Crippen LogP contribution >= 0.6 is 0 Å². The van der Waals surface area contributed by atoms with Crippen molar-refractivity contribution in [1.29, 1.82) is 0 Å². The number of rotatable bonds is 2. The van der Waals surface area contributed by atoms with Gasteiger partial charge in [-0.2, -0.15) is 0 Å². The Morgan fingerprint density at radius 3 is 2.46 bits per heavy atom. The van der Waals surface area contributed by atoms with Crippen molar-refractivity contribution in [2.45, 2.75) is 53.0 Å². The fourth-order valence-electron chi connectivity index (χ4n) is 1.57. The molecule has 0 saturated heterocycles. The molecule has 2 heteroatoms. The van der Waals surface area contributed by atoms with Gasteiger partial charge in [0.15, 0.2) is 0 Å². The van der Waals surface area contributed by atoms with Crippen LogP contribution in [0.15, 0.2) is 6.20 Å². The van der Waals surface area contributed by atoms with Gasteiger partial charge in [0.1, 0.15) is 5.82 Å². The van der Waals surface area contributed by atoms with Crippen LogP contribution in [0, 0.1) is 6.92 Å². The van der Waals surface area contributed by atoms with Crippen molar-refractivity contribution >= 4 is 0 Å². The molecule has 2 nitrogen and oxygen atoms in total. The second kappa shape index (κ2) is 3.52. The summed E-state index contributed by atoms with van der Waals surface area (Å²) in [6.07, 6.45) is 3.17. The van der Waals surface area contributed by atoms with Crippen LogP contribution in [-0.2, 0) is 12.0 Å². The maximum atomic E-state index is 4.36. The Morgan fingerprint density at radius 2 is 2.00 bits per heavy atom. The van der Waals surface area contributed by atoms with E-state index in [0.717, 1.165) is 12.4 Å². The Labute approximate surface area is 81.0 Å². The number of aryl methyl sites for hydroxylation is 1. The van der Waals surface area contributed by atoms with Gasteiger partial charge in [-0.05, 0) is 13.3 Å². The van der Waals surface area contributed by atoms with Crippen molar-refractivity contribution in [1.82, 2.24) is 9.55 Å². The molecule has 0 aliphatic carbocycles. The molecule has 0 aliphatic heterocycles. The quantitative estimate of drug-likeness (QED) is 0.684. The molecule has 0 fully saturated rings. The third-order valence-electron chi connectivity index (χ3n) is 2.27. The van der Waals surface area contributed by atoms with Gasteiger partial charge < -0.3 is 4.57 Å². The summed E-state index contributed by atoms with van der Waals surface area (Å²) in [5, 5.41) is 0. The second-order valence-electron chi connectivity index (χ2n) is 4.59. The van der Waals surface area contributed by atoms with Crippen molar-refractivity contribution in [3.05, 3.63) is 17.7 Å². The summed E-state index contributed by atoms with van der Waals surface area (Å²) in [5.41, 5.74) is 1.54. The van der Waals surface area contributed by atoms with Gasteiger partial charge in [-0.25, -0.2) is 4.98 Å². The maximum absolute atomic E-state index is 4.36. The zero-order valence-corrected chi connectivity index (χ0v) is 9.39. The molecule has 1 aromatic heterocycles. The highest BCUT2D eigenvalue weighted by molar-refractivity contribution is 5.14. The minimum atomic E-state index is 0.205. The number of hydrogen-bond acceptors (Lipinski definition) is 1. The minimum Gasteiger partial charge on any atom is -0.332 e. The van der Waals surface area contributed by atoms with Crippen LogP contribution in [0.25, 0.3) is 0 Å². The first kappa shape index (κ1) is 10.3. The Balaban J connectivity index is 3.07. The molecule has 0 aliphatic rings. The number of imidazole rings is 1. The Bertz CT molecular complexity index is 279. The standard InChI is InChI=1S/C11H20N2/c1-6-7-13-9(2)12-8-10(13)11(3,4)5/h8H,6-7H2,1-5H3. The first-order valence-corrected chi connectivity index (χ1v) is 4.99. The second-order valence-corrected chi connectivity index (χ2v) is 4.59. The van der Waals surface area contributed by atoms with Crippen LogP contribution in [0.3, 0.4) is 0 Å². The highest BCUT2D eigenvalue weighted by Gasteiger charge is 2.19. The van der Waals surface area contributed by atoms with Crippen molar-refractivity contribution in [3.63, 3.8) is 0 Å². The van der Waals surface area contributed by atoms with Gasteiger partial charge >= 0.3 is 0 Å². The van der Waals surface area contributed by atoms with Crippen LogP contribution < -0.4 is 0 Å². The van der Waals surface area contributed by atoms with Gasteiger partial charge in [0.25, 0.3) is 0 Å². The van der Waals surface area contributed by atoms with E-state index < -0.39 is 0 Å². The lowest BCUT2D eigenvalue weighted by Gasteiger charge is -2.21. The third-order valence-corrected chi connectivity index (χ3v) is 2.27. The van der Waals surface area contributed by atoms with Crippen LogP contribution in [0.4, 0.5) is 0 Å². The summed E-state index contributed by atoms with van der Waals surface area (Å²) >= 11 is 0. The molecule has 74 valence electrons. The molecule has 0 radical (unpaired) electrons. The average Bonchev–Trinajstić information content (AvgIpc) is 2.32. The SMILES string of the molecule is CCCn1c(C(C)(C)C)cnc1C. The summed E-state index contributed by atoms with van der Waals surface area (Å²) in [6, 6.07) is 0. The molecule has 0 aromatic carbocycles. The van der Waals surface area contributed by atoms with Crippen molar-refractivity contribution < 1.29 is 0 Å². The average molecular weight is 180 g/mol. The van der Waals surface area contributed by atoms with Crippen LogP contribution in [-0.4, -0.2) is 9.55 Å². The molecule has 0 amide bonds. The van der Waals surface area contributed by atoms with Gasteiger partial charge in [0, 0.05) is 23.9 Å². The monoisotopic (exact) mass is 180 g/mol. The van der Waals surface area contributed by atoms with E-state index in [1.165, 1.54) is 12.1 Å². The molecule has 0 spiro atoms. The largest absolute Gasteiger partial charge is 0.332 e. The van der Waals surface area contributed by atoms with E-state index >= 15 is 0 Å². The summed E-state index contributed by atoms with van der Waals surface area (Å²) in [4.78, 5) is 4.36. The van der Waals surface area contributed by atoms with E-state index in [4.69, 9.17) is 0 Å². The van der Waals surface area contributed by atoms with E-state index in [2.05, 4.69) is 44.2 Å². The Morgan fingerprint density at radius 1 is 1.38 bits per heavy atom. The molecule has 0 N–H and O–H groups in total. The highest BCUT2D eigenvalue weighted by atomic mass is 15.1. The van der Waals surface area contributed by atoms with Crippen molar-refractivity contribution in [2.24, 2.45) is 0 Å². The molecule has 1 rings (SSSR count). The van der Waals surface area contributed by atoms with E-state index in [0.29, 0.717) is 0 Å². The van der Waals surface area contributed by atoms with Gasteiger partial charge in [-0.3, -0.25) is 0 Å². The number of aromatic nitrogens is 2. The minimum absolute atomic E-state index is 0.205. The topological polar surface area (TPSA) is 17.8 Å². The molecule has 1 heterocycles. The molecular formula is C11H20N2. The molecule has 13 heavy (non-hydrogen) atoms. The molecule has 0 unspecified atom stereocenters. The van der Waals surface area contributed by atoms with E-state index in [1.54, 1.807) is 0 Å². The fourth-order valence-corrected chi connectivity index (χ4v) is 1.57. The molecular weight excluding hydrogens is 160 g/mol. The normalized spacial score (nSPS) is 12.1. The van der Waals surface area contributed by atoms with Gasteiger partial charge in [-0.1, -0.05) is 27.7 Å². The number of nitrogens with zero attached hydrogens (tertiary/aromatic N) is 2.